The highest BCUT2D eigenvalue weighted by molar-refractivity contribution is 7.09. The van der Waals surface area contributed by atoms with Crippen LogP contribution in [0.4, 0.5) is 4.39 Å². The van der Waals surface area contributed by atoms with E-state index in [4.69, 9.17) is 0 Å². The molecule has 0 saturated heterocycles. The second kappa shape index (κ2) is 8.02. The summed E-state index contributed by atoms with van der Waals surface area (Å²) in [4.78, 5) is 16.5. The molecule has 3 aromatic rings. The maximum Gasteiger partial charge on any atom is 0.271 e. The molecule has 0 aliphatic carbocycles. The van der Waals surface area contributed by atoms with Gasteiger partial charge in [0, 0.05) is 23.8 Å². The number of carbonyl (C=O) groups is 1. The number of aryl methyl sites for hydroxylation is 2. The van der Waals surface area contributed by atoms with Gasteiger partial charge < -0.3 is 5.32 Å². The molecule has 3 rings (SSSR count). The Labute approximate surface area is 149 Å². The summed E-state index contributed by atoms with van der Waals surface area (Å²) in [5.74, 6) is -0.507. The maximum absolute atomic E-state index is 13.0. The zero-order valence-corrected chi connectivity index (χ0v) is 14.7. The first-order valence-corrected chi connectivity index (χ1v) is 9.00. The summed E-state index contributed by atoms with van der Waals surface area (Å²) in [5.41, 5.74) is 2.11. The fourth-order valence-corrected chi connectivity index (χ4v) is 3.21. The van der Waals surface area contributed by atoms with Gasteiger partial charge in [-0.3, -0.25) is 4.79 Å². The number of halogens is 1. The van der Waals surface area contributed by atoms with E-state index < -0.39 is 0 Å². The second-order valence-electron chi connectivity index (χ2n) is 5.72. The van der Waals surface area contributed by atoms with Crippen LogP contribution in [-0.2, 0) is 6.42 Å². The van der Waals surface area contributed by atoms with Crippen molar-refractivity contribution in [3.05, 3.63) is 64.1 Å². The van der Waals surface area contributed by atoms with Crippen molar-refractivity contribution in [1.82, 2.24) is 20.1 Å². The average molecular weight is 358 g/mol. The topological polar surface area (TPSA) is 59.8 Å². The van der Waals surface area contributed by atoms with Gasteiger partial charge in [0.2, 0.25) is 0 Å². The number of nitrogens with one attached hydrogen (secondary N) is 1. The van der Waals surface area contributed by atoms with Crippen LogP contribution in [0, 0.1) is 12.7 Å². The summed E-state index contributed by atoms with van der Waals surface area (Å²) in [7, 11) is 0. The Morgan fingerprint density at radius 2 is 2.04 bits per heavy atom. The van der Waals surface area contributed by atoms with E-state index in [2.05, 4.69) is 20.8 Å². The van der Waals surface area contributed by atoms with Gasteiger partial charge >= 0.3 is 0 Å². The maximum atomic E-state index is 13.0. The summed E-state index contributed by atoms with van der Waals surface area (Å²) >= 11 is 1.68. The molecule has 5 nitrogen and oxygen atoms in total. The van der Waals surface area contributed by atoms with Crippen molar-refractivity contribution in [2.24, 2.45) is 0 Å². The van der Waals surface area contributed by atoms with Crippen molar-refractivity contribution in [2.45, 2.75) is 26.2 Å². The number of nitrogens with zero attached hydrogens (tertiary/aromatic N) is 3. The minimum atomic E-state index is -0.304. The van der Waals surface area contributed by atoms with E-state index in [1.54, 1.807) is 40.4 Å². The van der Waals surface area contributed by atoms with Crippen LogP contribution in [0.1, 0.15) is 34.0 Å². The number of hydrogen-bond donors (Lipinski definition) is 1. The molecule has 1 N–H and O–H groups in total. The van der Waals surface area contributed by atoms with E-state index in [0.717, 1.165) is 30.0 Å². The fourth-order valence-electron chi connectivity index (χ4n) is 2.39. The highest BCUT2D eigenvalue weighted by Gasteiger charge is 2.09. The lowest BCUT2D eigenvalue weighted by atomic mass is 10.2. The van der Waals surface area contributed by atoms with Gasteiger partial charge in [-0.15, -0.1) is 11.3 Å². The molecule has 0 unspecified atom stereocenters. The summed E-state index contributed by atoms with van der Waals surface area (Å²) in [6, 6.07) is 7.60. The van der Waals surface area contributed by atoms with Gasteiger partial charge in [-0.1, -0.05) is 0 Å². The third kappa shape index (κ3) is 4.73. The van der Waals surface area contributed by atoms with Gasteiger partial charge in [-0.2, -0.15) is 5.10 Å². The van der Waals surface area contributed by atoms with Crippen LogP contribution in [0.3, 0.4) is 0 Å². The van der Waals surface area contributed by atoms with Crippen molar-refractivity contribution in [3.63, 3.8) is 0 Å². The Balaban J connectivity index is 1.44. The minimum Gasteiger partial charge on any atom is -0.351 e. The Kier molecular flexibility index (Phi) is 5.55. The minimum absolute atomic E-state index is 0.203. The first-order chi connectivity index (χ1) is 12.1. The zero-order chi connectivity index (χ0) is 17.6. The van der Waals surface area contributed by atoms with Gasteiger partial charge in [-0.05, 0) is 56.5 Å². The van der Waals surface area contributed by atoms with Crippen LogP contribution in [-0.4, -0.2) is 27.2 Å². The number of benzene rings is 1. The second-order valence-corrected chi connectivity index (χ2v) is 6.66. The van der Waals surface area contributed by atoms with Gasteiger partial charge in [0.15, 0.2) is 5.69 Å². The predicted octanol–water partition coefficient (Wildman–Crippen LogP) is 3.53. The normalized spacial score (nSPS) is 10.8. The van der Waals surface area contributed by atoms with E-state index in [1.807, 2.05) is 6.92 Å². The number of amides is 1. The molecular formula is C18H19FN4OS. The van der Waals surface area contributed by atoms with Crippen molar-refractivity contribution < 1.29 is 9.18 Å². The first kappa shape index (κ1) is 17.3. The number of unbranched alkanes of at least 4 members (excludes halogenated alkanes) is 1. The standard InChI is InChI=1S/C18H19FN4OS/c1-13-12-25-17(21-13)4-2-3-10-20-18(24)16-9-11-23(22-16)15-7-5-14(19)6-8-15/h5-9,11-12H,2-4,10H2,1H3,(H,20,24). The van der Waals surface area contributed by atoms with Crippen molar-refractivity contribution in [1.29, 1.82) is 0 Å². The fraction of sp³-hybridized carbons (Fsp3) is 0.278. The molecule has 0 aliphatic heterocycles. The third-order valence-electron chi connectivity index (χ3n) is 3.68. The Bertz CT molecular complexity index is 841. The van der Waals surface area contributed by atoms with Crippen molar-refractivity contribution in [2.75, 3.05) is 6.54 Å². The van der Waals surface area contributed by atoms with Crippen molar-refractivity contribution in [3.8, 4) is 5.69 Å². The molecule has 0 saturated carbocycles. The number of rotatable bonds is 7. The molecule has 25 heavy (non-hydrogen) atoms. The number of carbonyl (C=O) groups excluding carboxylic acids is 1. The summed E-state index contributed by atoms with van der Waals surface area (Å²) in [6.07, 6.45) is 4.50. The molecule has 0 atom stereocenters. The first-order valence-electron chi connectivity index (χ1n) is 8.12. The lowest BCUT2D eigenvalue weighted by molar-refractivity contribution is 0.0947. The summed E-state index contributed by atoms with van der Waals surface area (Å²) < 4.78 is 14.5. The van der Waals surface area contributed by atoms with Gasteiger partial charge in [-0.25, -0.2) is 14.1 Å². The molecule has 0 spiro atoms. The highest BCUT2D eigenvalue weighted by Crippen LogP contribution is 2.12. The van der Waals surface area contributed by atoms with Gasteiger partial charge in [0.1, 0.15) is 5.82 Å². The molecular weight excluding hydrogens is 339 g/mol. The number of thiazole rings is 1. The molecule has 2 heterocycles. The average Bonchev–Trinajstić information content (AvgIpc) is 3.24. The summed E-state index contributed by atoms with van der Waals surface area (Å²) in [6.45, 7) is 2.60. The zero-order valence-electron chi connectivity index (χ0n) is 13.9. The Morgan fingerprint density at radius 1 is 1.24 bits per heavy atom. The number of aromatic nitrogens is 3. The van der Waals surface area contributed by atoms with Gasteiger partial charge in [0.25, 0.3) is 5.91 Å². The molecule has 0 aliphatic rings. The molecule has 0 radical (unpaired) electrons. The Hall–Kier alpha value is -2.54. The highest BCUT2D eigenvalue weighted by atomic mass is 32.1. The monoisotopic (exact) mass is 358 g/mol. The van der Waals surface area contributed by atoms with E-state index in [9.17, 15) is 9.18 Å². The van der Waals surface area contributed by atoms with Crippen LogP contribution < -0.4 is 5.32 Å². The van der Waals surface area contributed by atoms with Crippen molar-refractivity contribution >= 4 is 17.2 Å². The van der Waals surface area contributed by atoms with E-state index in [1.165, 1.54) is 12.1 Å². The van der Waals surface area contributed by atoms with Crippen LogP contribution >= 0.6 is 11.3 Å². The molecule has 2 aromatic heterocycles. The lowest BCUT2D eigenvalue weighted by Crippen LogP contribution is -2.25. The SMILES string of the molecule is Cc1csc(CCCCNC(=O)c2ccn(-c3ccc(F)cc3)n2)n1. The largest absolute Gasteiger partial charge is 0.351 e. The van der Waals surface area contributed by atoms with E-state index >= 15 is 0 Å². The van der Waals surface area contributed by atoms with Crippen LogP contribution in [0.25, 0.3) is 5.69 Å². The third-order valence-corrected chi connectivity index (χ3v) is 4.71. The molecule has 1 amide bonds. The van der Waals surface area contributed by atoms with E-state index in [-0.39, 0.29) is 11.7 Å². The molecule has 0 bridgehead atoms. The van der Waals surface area contributed by atoms with Gasteiger partial charge in [0.05, 0.1) is 10.7 Å². The van der Waals surface area contributed by atoms with Crippen LogP contribution in [0.15, 0.2) is 41.9 Å². The van der Waals surface area contributed by atoms with E-state index in [0.29, 0.717) is 17.9 Å². The summed E-state index contributed by atoms with van der Waals surface area (Å²) in [5, 5.41) is 10.3. The quantitative estimate of drug-likeness (QED) is 0.657. The molecule has 1 aromatic carbocycles. The Morgan fingerprint density at radius 3 is 2.76 bits per heavy atom. The van der Waals surface area contributed by atoms with Crippen LogP contribution in [0.5, 0.6) is 0 Å². The predicted molar refractivity (Wildman–Crippen MR) is 95.6 cm³/mol. The smallest absolute Gasteiger partial charge is 0.271 e. The molecule has 7 heteroatoms. The molecule has 0 fully saturated rings. The number of hydrogen-bond acceptors (Lipinski definition) is 4. The lowest BCUT2D eigenvalue weighted by Gasteiger charge is -2.03. The van der Waals surface area contributed by atoms with Crippen LogP contribution in [0.2, 0.25) is 0 Å². The molecule has 130 valence electrons.